The highest BCUT2D eigenvalue weighted by atomic mass is 16.5. The van der Waals surface area contributed by atoms with Crippen molar-refractivity contribution in [1.82, 2.24) is 4.98 Å². The molecule has 0 aliphatic carbocycles. The number of hydrogen-bond acceptors (Lipinski definition) is 3. The predicted molar refractivity (Wildman–Crippen MR) is 59.5 cm³/mol. The summed E-state index contributed by atoms with van der Waals surface area (Å²) in [6, 6.07) is 3.74. The molecular formula is C12H19NO2. The molecule has 0 aliphatic heterocycles. The first-order valence-electron chi connectivity index (χ1n) is 5.21. The third-order valence-corrected chi connectivity index (χ3v) is 2.96. The number of aromatic nitrogens is 1. The maximum atomic E-state index is 10.4. The quantitative estimate of drug-likeness (QED) is 0.806. The molecule has 0 amide bonds. The highest BCUT2D eigenvalue weighted by molar-refractivity contribution is 5.17. The fraction of sp³-hybridized carbons (Fsp3) is 0.583. The van der Waals surface area contributed by atoms with E-state index in [0.717, 1.165) is 12.0 Å². The first-order chi connectivity index (χ1) is 7.09. The van der Waals surface area contributed by atoms with Crippen LogP contribution in [-0.2, 0) is 10.3 Å². The Morgan fingerprint density at radius 2 is 2.33 bits per heavy atom. The number of aliphatic hydroxyl groups is 1. The Morgan fingerprint density at radius 1 is 1.60 bits per heavy atom. The number of methoxy groups -OCH3 is 1. The van der Waals surface area contributed by atoms with E-state index in [9.17, 15) is 5.11 Å². The molecule has 2 atom stereocenters. The van der Waals surface area contributed by atoms with Crippen LogP contribution in [0.4, 0.5) is 0 Å². The molecule has 0 saturated carbocycles. The maximum absolute atomic E-state index is 10.4. The molecule has 2 unspecified atom stereocenters. The van der Waals surface area contributed by atoms with Crippen molar-refractivity contribution in [3.8, 4) is 0 Å². The molecule has 3 heteroatoms. The molecule has 0 fully saturated rings. The highest BCUT2D eigenvalue weighted by Gasteiger charge is 2.30. The second-order valence-corrected chi connectivity index (χ2v) is 4.07. The fourth-order valence-corrected chi connectivity index (χ4v) is 1.52. The summed E-state index contributed by atoms with van der Waals surface area (Å²) in [7, 11) is 1.67. The largest absolute Gasteiger partial charge is 0.385 e. The SMILES string of the molecule is COCCC(C)C(C)(O)c1cccnc1. The molecule has 1 heterocycles. The third-order valence-electron chi connectivity index (χ3n) is 2.96. The van der Waals surface area contributed by atoms with E-state index in [2.05, 4.69) is 4.98 Å². The lowest BCUT2D eigenvalue weighted by molar-refractivity contribution is -0.0109. The Balaban J connectivity index is 2.73. The molecule has 0 aromatic carbocycles. The minimum absolute atomic E-state index is 0.140. The Labute approximate surface area is 91.1 Å². The predicted octanol–water partition coefficient (Wildman–Crippen LogP) is 1.96. The van der Waals surface area contributed by atoms with Gasteiger partial charge in [0.1, 0.15) is 0 Å². The van der Waals surface area contributed by atoms with Crippen LogP contribution in [0.2, 0.25) is 0 Å². The summed E-state index contributed by atoms with van der Waals surface area (Å²) in [5.41, 5.74) is 0.0147. The van der Waals surface area contributed by atoms with E-state index < -0.39 is 5.60 Å². The lowest BCUT2D eigenvalue weighted by Gasteiger charge is -2.30. The summed E-state index contributed by atoms with van der Waals surface area (Å²) in [6.45, 7) is 4.51. The second kappa shape index (κ2) is 5.24. The first-order valence-corrected chi connectivity index (χ1v) is 5.21. The number of ether oxygens (including phenoxy) is 1. The average molecular weight is 209 g/mol. The molecule has 0 aliphatic rings. The van der Waals surface area contributed by atoms with Crippen LogP contribution in [-0.4, -0.2) is 23.8 Å². The molecule has 1 aromatic heterocycles. The lowest BCUT2D eigenvalue weighted by atomic mass is 9.83. The van der Waals surface area contributed by atoms with Gasteiger partial charge in [0.05, 0.1) is 5.60 Å². The van der Waals surface area contributed by atoms with Gasteiger partial charge in [-0.15, -0.1) is 0 Å². The first kappa shape index (κ1) is 12.1. The van der Waals surface area contributed by atoms with Gasteiger partial charge in [-0.25, -0.2) is 0 Å². The van der Waals surface area contributed by atoms with Gasteiger partial charge in [0.25, 0.3) is 0 Å². The Kier molecular flexibility index (Phi) is 4.24. The van der Waals surface area contributed by atoms with Crippen LogP contribution < -0.4 is 0 Å². The summed E-state index contributed by atoms with van der Waals surface area (Å²) in [6.07, 6.45) is 4.25. The van der Waals surface area contributed by atoms with Crippen LogP contribution in [0.5, 0.6) is 0 Å². The van der Waals surface area contributed by atoms with E-state index in [4.69, 9.17) is 4.74 Å². The summed E-state index contributed by atoms with van der Waals surface area (Å²) in [4.78, 5) is 4.02. The van der Waals surface area contributed by atoms with Gasteiger partial charge in [-0.3, -0.25) is 4.98 Å². The Morgan fingerprint density at radius 3 is 2.87 bits per heavy atom. The smallest absolute Gasteiger partial charge is 0.0909 e. The molecule has 0 saturated heterocycles. The van der Waals surface area contributed by atoms with E-state index in [1.54, 1.807) is 19.5 Å². The molecule has 1 rings (SSSR count). The van der Waals surface area contributed by atoms with Crippen molar-refractivity contribution in [3.63, 3.8) is 0 Å². The van der Waals surface area contributed by atoms with Gasteiger partial charge >= 0.3 is 0 Å². The van der Waals surface area contributed by atoms with E-state index in [1.165, 1.54) is 0 Å². The van der Waals surface area contributed by atoms with Crippen LogP contribution in [0.1, 0.15) is 25.8 Å². The van der Waals surface area contributed by atoms with Gasteiger partial charge in [-0.1, -0.05) is 13.0 Å². The van der Waals surface area contributed by atoms with Crippen LogP contribution in [0.25, 0.3) is 0 Å². The minimum atomic E-state index is -0.840. The molecular weight excluding hydrogens is 190 g/mol. The second-order valence-electron chi connectivity index (χ2n) is 4.07. The van der Waals surface area contributed by atoms with Crippen LogP contribution in [0, 0.1) is 5.92 Å². The summed E-state index contributed by atoms with van der Waals surface area (Å²) in [5, 5.41) is 10.4. The van der Waals surface area contributed by atoms with Crippen molar-refractivity contribution in [2.45, 2.75) is 25.9 Å². The lowest BCUT2D eigenvalue weighted by Crippen LogP contribution is -2.30. The number of nitrogens with zero attached hydrogens (tertiary/aromatic N) is 1. The van der Waals surface area contributed by atoms with Crippen molar-refractivity contribution in [3.05, 3.63) is 30.1 Å². The van der Waals surface area contributed by atoms with Gasteiger partial charge in [-0.05, 0) is 25.3 Å². The van der Waals surface area contributed by atoms with E-state index in [-0.39, 0.29) is 5.92 Å². The standard InChI is InChI=1S/C12H19NO2/c1-10(6-8-15-3)12(2,14)11-5-4-7-13-9-11/h4-5,7,9-10,14H,6,8H2,1-3H3. The molecule has 1 aromatic rings. The van der Waals surface area contributed by atoms with Crippen molar-refractivity contribution in [1.29, 1.82) is 0 Å². The Bertz CT molecular complexity index is 285. The van der Waals surface area contributed by atoms with Crippen LogP contribution in [0.15, 0.2) is 24.5 Å². The van der Waals surface area contributed by atoms with Crippen molar-refractivity contribution >= 4 is 0 Å². The fourth-order valence-electron chi connectivity index (χ4n) is 1.52. The zero-order valence-electron chi connectivity index (χ0n) is 9.60. The number of rotatable bonds is 5. The molecule has 84 valence electrons. The average Bonchev–Trinajstić information content (AvgIpc) is 2.27. The zero-order chi connectivity index (χ0) is 11.3. The monoisotopic (exact) mass is 209 g/mol. The van der Waals surface area contributed by atoms with Crippen LogP contribution >= 0.6 is 0 Å². The molecule has 15 heavy (non-hydrogen) atoms. The van der Waals surface area contributed by atoms with E-state index in [1.807, 2.05) is 26.0 Å². The molecule has 1 N–H and O–H groups in total. The maximum Gasteiger partial charge on any atom is 0.0909 e. The van der Waals surface area contributed by atoms with Crippen molar-refractivity contribution < 1.29 is 9.84 Å². The van der Waals surface area contributed by atoms with Gasteiger partial charge in [0, 0.05) is 31.7 Å². The van der Waals surface area contributed by atoms with Crippen molar-refractivity contribution in [2.75, 3.05) is 13.7 Å². The highest BCUT2D eigenvalue weighted by Crippen LogP contribution is 2.30. The zero-order valence-corrected chi connectivity index (χ0v) is 9.60. The van der Waals surface area contributed by atoms with E-state index in [0.29, 0.717) is 6.61 Å². The minimum Gasteiger partial charge on any atom is -0.385 e. The van der Waals surface area contributed by atoms with E-state index >= 15 is 0 Å². The molecule has 3 nitrogen and oxygen atoms in total. The summed E-state index contributed by atoms with van der Waals surface area (Å²) < 4.78 is 5.02. The van der Waals surface area contributed by atoms with Gasteiger partial charge in [0.2, 0.25) is 0 Å². The normalized spacial score (nSPS) is 17.1. The summed E-state index contributed by atoms with van der Waals surface area (Å²) >= 11 is 0. The number of pyridine rings is 1. The Hall–Kier alpha value is -0.930. The topological polar surface area (TPSA) is 42.4 Å². The van der Waals surface area contributed by atoms with Gasteiger partial charge < -0.3 is 9.84 Å². The number of hydrogen-bond donors (Lipinski definition) is 1. The van der Waals surface area contributed by atoms with Gasteiger partial charge in [0.15, 0.2) is 0 Å². The molecule has 0 bridgehead atoms. The summed E-state index contributed by atoms with van der Waals surface area (Å²) in [5.74, 6) is 0.140. The molecule has 0 radical (unpaired) electrons. The van der Waals surface area contributed by atoms with Gasteiger partial charge in [-0.2, -0.15) is 0 Å². The van der Waals surface area contributed by atoms with Crippen molar-refractivity contribution in [2.24, 2.45) is 5.92 Å². The molecule has 0 spiro atoms. The third kappa shape index (κ3) is 3.01. The van der Waals surface area contributed by atoms with Crippen LogP contribution in [0.3, 0.4) is 0 Å².